The molecule has 4 rings (SSSR count). The Kier molecular flexibility index (Phi) is 5.89. The van der Waals surface area contributed by atoms with E-state index in [1.165, 1.54) is 12.1 Å². The van der Waals surface area contributed by atoms with Crippen molar-refractivity contribution in [2.24, 2.45) is 0 Å². The van der Waals surface area contributed by atoms with Crippen LogP contribution in [0.5, 0.6) is 11.5 Å². The summed E-state index contributed by atoms with van der Waals surface area (Å²) in [6.45, 7) is 1.80. The van der Waals surface area contributed by atoms with Crippen LogP contribution in [-0.2, 0) is 0 Å². The second kappa shape index (κ2) is 8.93. The van der Waals surface area contributed by atoms with Crippen LogP contribution in [0.2, 0.25) is 0 Å². The summed E-state index contributed by atoms with van der Waals surface area (Å²) in [6, 6.07) is 19.1. The summed E-state index contributed by atoms with van der Waals surface area (Å²) in [5.41, 5.74) is 3.43. The Balaban J connectivity index is 1.81. The predicted octanol–water partition coefficient (Wildman–Crippen LogP) is 5.26. The first kappa shape index (κ1) is 21.1. The Morgan fingerprint density at radius 3 is 2.44 bits per heavy atom. The molecule has 0 atom stereocenters. The van der Waals surface area contributed by atoms with Crippen molar-refractivity contribution >= 4 is 11.6 Å². The van der Waals surface area contributed by atoms with Crippen LogP contribution >= 0.6 is 0 Å². The van der Waals surface area contributed by atoms with Crippen molar-refractivity contribution in [1.82, 2.24) is 9.78 Å². The van der Waals surface area contributed by atoms with Gasteiger partial charge in [-0.05, 0) is 55.0 Å². The molecule has 0 radical (unpaired) electrons. The maximum Gasteiger partial charge on any atom is 0.259 e. The number of halogens is 1. The van der Waals surface area contributed by atoms with E-state index in [2.05, 4.69) is 10.4 Å². The van der Waals surface area contributed by atoms with Gasteiger partial charge >= 0.3 is 0 Å². The lowest BCUT2D eigenvalue weighted by Gasteiger charge is -2.10. The average molecular weight is 431 g/mol. The number of para-hydroxylation sites is 1. The van der Waals surface area contributed by atoms with Crippen LogP contribution in [-0.4, -0.2) is 29.9 Å². The van der Waals surface area contributed by atoms with Crippen LogP contribution in [0.4, 0.5) is 10.1 Å². The van der Waals surface area contributed by atoms with Crippen LogP contribution < -0.4 is 14.8 Å². The number of methoxy groups -OCH3 is 2. The smallest absolute Gasteiger partial charge is 0.259 e. The third-order valence-electron chi connectivity index (χ3n) is 5.08. The predicted molar refractivity (Wildman–Crippen MR) is 121 cm³/mol. The lowest BCUT2D eigenvalue weighted by atomic mass is 10.1. The number of carbonyl (C=O) groups is 1. The third-order valence-corrected chi connectivity index (χ3v) is 5.08. The third kappa shape index (κ3) is 4.18. The Labute approximate surface area is 185 Å². The van der Waals surface area contributed by atoms with E-state index >= 15 is 0 Å². The molecule has 1 aromatic heterocycles. The maximum absolute atomic E-state index is 13.7. The van der Waals surface area contributed by atoms with Gasteiger partial charge in [0.2, 0.25) is 0 Å². The van der Waals surface area contributed by atoms with E-state index in [9.17, 15) is 9.18 Å². The quantitative estimate of drug-likeness (QED) is 0.453. The largest absolute Gasteiger partial charge is 0.493 e. The molecular formula is C25H22FN3O3. The van der Waals surface area contributed by atoms with Crippen LogP contribution in [0.1, 0.15) is 15.9 Å². The lowest BCUT2D eigenvalue weighted by Crippen LogP contribution is -2.13. The Hall–Kier alpha value is -4.13. The number of carbonyl (C=O) groups excluding carboxylic acids is 1. The molecule has 0 unspecified atom stereocenters. The molecule has 1 N–H and O–H groups in total. The minimum Gasteiger partial charge on any atom is -0.493 e. The zero-order valence-electron chi connectivity index (χ0n) is 17.9. The number of amides is 1. The van der Waals surface area contributed by atoms with Crippen molar-refractivity contribution in [3.8, 4) is 28.4 Å². The molecular weight excluding hydrogens is 409 g/mol. The molecule has 7 heteroatoms. The maximum atomic E-state index is 13.7. The van der Waals surface area contributed by atoms with Gasteiger partial charge < -0.3 is 14.8 Å². The number of anilines is 1. The molecule has 6 nitrogen and oxygen atoms in total. The zero-order valence-corrected chi connectivity index (χ0v) is 17.9. The lowest BCUT2D eigenvalue weighted by molar-refractivity contribution is 0.102. The number of rotatable bonds is 6. The molecule has 1 amide bonds. The number of aromatic nitrogens is 2. The van der Waals surface area contributed by atoms with Crippen molar-refractivity contribution in [1.29, 1.82) is 0 Å². The van der Waals surface area contributed by atoms with E-state index in [-0.39, 0.29) is 0 Å². The molecule has 32 heavy (non-hydrogen) atoms. The molecule has 0 bridgehead atoms. The van der Waals surface area contributed by atoms with Crippen molar-refractivity contribution in [2.45, 2.75) is 6.92 Å². The number of nitrogens with zero attached hydrogens (tertiary/aromatic N) is 2. The molecule has 162 valence electrons. The van der Waals surface area contributed by atoms with Gasteiger partial charge in [0.25, 0.3) is 5.91 Å². The fourth-order valence-corrected chi connectivity index (χ4v) is 3.37. The van der Waals surface area contributed by atoms with Gasteiger partial charge in [0.05, 0.1) is 25.5 Å². The van der Waals surface area contributed by atoms with Crippen molar-refractivity contribution in [2.75, 3.05) is 19.5 Å². The number of hydrogen-bond donors (Lipinski definition) is 1. The van der Waals surface area contributed by atoms with Gasteiger partial charge in [-0.1, -0.05) is 24.3 Å². The number of benzene rings is 3. The molecule has 0 saturated carbocycles. The monoisotopic (exact) mass is 431 g/mol. The van der Waals surface area contributed by atoms with E-state index in [4.69, 9.17) is 9.47 Å². The van der Waals surface area contributed by atoms with Crippen molar-refractivity contribution in [3.05, 3.63) is 89.9 Å². The minimum atomic E-state index is -0.425. The molecule has 4 aromatic rings. The highest BCUT2D eigenvalue weighted by Gasteiger charge is 2.21. The summed E-state index contributed by atoms with van der Waals surface area (Å²) in [5, 5.41) is 7.47. The molecule has 0 aliphatic carbocycles. The molecule has 3 aromatic carbocycles. The summed E-state index contributed by atoms with van der Waals surface area (Å²) >= 11 is 0. The van der Waals surface area contributed by atoms with Gasteiger partial charge in [0.1, 0.15) is 11.5 Å². The fourth-order valence-electron chi connectivity index (χ4n) is 3.37. The highest BCUT2D eigenvalue weighted by molar-refractivity contribution is 6.08. The molecule has 0 aliphatic heterocycles. The molecule has 0 fully saturated rings. The van der Waals surface area contributed by atoms with E-state index < -0.39 is 11.7 Å². The minimum absolute atomic E-state index is 0.338. The SMILES string of the molecule is COc1ccc(-c2nn(-c3ccccc3)cc2C(=O)Nc2cc(F)ccc2C)cc1OC. The summed E-state index contributed by atoms with van der Waals surface area (Å²) in [6.07, 6.45) is 1.66. The van der Waals surface area contributed by atoms with Crippen LogP contribution in [0, 0.1) is 12.7 Å². The average Bonchev–Trinajstić information content (AvgIpc) is 3.27. The first-order valence-corrected chi connectivity index (χ1v) is 9.95. The van der Waals surface area contributed by atoms with Gasteiger partial charge in [0, 0.05) is 17.4 Å². The highest BCUT2D eigenvalue weighted by atomic mass is 19.1. The van der Waals surface area contributed by atoms with Gasteiger partial charge in [-0.2, -0.15) is 5.10 Å². The van der Waals surface area contributed by atoms with Crippen LogP contribution in [0.25, 0.3) is 16.9 Å². The Morgan fingerprint density at radius 2 is 1.72 bits per heavy atom. The normalized spacial score (nSPS) is 10.6. The van der Waals surface area contributed by atoms with Crippen LogP contribution in [0.15, 0.2) is 72.9 Å². The zero-order chi connectivity index (χ0) is 22.7. The van der Waals surface area contributed by atoms with E-state index in [1.807, 2.05) is 36.4 Å². The van der Waals surface area contributed by atoms with Crippen molar-refractivity contribution < 1.29 is 18.7 Å². The van der Waals surface area contributed by atoms with Crippen molar-refractivity contribution in [3.63, 3.8) is 0 Å². The van der Waals surface area contributed by atoms with Gasteiger partial charge in [-0.25, -0.2) is 9.07 Å². The number of nitrogens with one attached hydrogen (secondary N) is 1. The number of ether oxygens (including phenoxy) is 2. The first-order valence-electron chi connectivity index (χ1n) is 9.95. The standard InChI is InChI=1S/C25H22FN3O3/c1-16-9-11-18(26)14-21(16)27-25(30)20-15-29(19-7-5-4-6-8-19)28-24(20)17-10-12-22(31-2)23(13-17)32-3/h4-15H,1-3H3,(H,27,30). The summed E-state index contributed by atoms with van der Waals surface area (Å²) < 4.78 is 26.1. The number of aryl methyl sites for hydroxylation is 1. The molecule has 0 aliphatic rings. The second-order valence-corrected chi connectivity index (χ2v) is 7.15. The Bertz CT molecular complexity index is 1270. The molecule has 1 heterocycles. The fraction of sp³-hybridized carbons (Fsp3) is 0.120. The van der Waals surface area contributed by atoms with Gasteiger partial charge in [-0.3, -0.25) is 4.79 Å². The van der Waals surface area contributed by atoms with E-state index in [1.54, 1.807) is 50.2 Å². The summed E-state index contributed by atoms with van der Waals surface area (Å²) in [5.74, 6) is 0.267. The highest BCUT2D eigenvalue weighted by Crippen LogP contribution is 2.33. The summed E-state index contributed by atoms with van der Waals surface area (Å²) in [4.78, 5) is 13.3. The first-order chi connectivity index (χ1) is 15.5. The molecule has 0 saturated heterocycles. The molecule has 0 spiro atoms. The topological polar surface area (TPSA) is 65.4 Å². The Morgan fingerprint density at radius 1 is 0.969 bits per heavy atom. The van der Waals surface area contributed by atoms with E-state index in [0.29, 0.717) is 34.0 Å². The van der Waals surface area contributed by atoms with Gasteiger partial charge in [0.15, 0.2) is 11.5 Å². The van der Waals surface area contributed by atoms with Crippen LogP contribution in [0.3, 0.4) is 0 Å². The number of hydrogen-bond acceptors (Lipinski definition) is 4. The second-order valence-electron chi connectivity index (χ2n) is 7.15. The van der Waals surface area contributed by atoms with Gasteiger partial charge in [-0.15, -0.1) is 0 Å². The summed E-state index contributed by atoms with van der Waals surface area (Å²) in [7, 11) is 3.10. The van der Waals surface area contributed by atoms with E-state index in [0.717, 1.165) is 11.3 Å².